The van der Waals surface area contributed by atoms with Gasteiger partial charge >= 0.3 is 0 Å². The Kier molecular flexibility index (Phi) is 3.87. The van der Waals surface area contributed by atoms with Gasteiger partial charge in [0.1, 0.15) is 12.4 Å². The van der Waals surface area contributed by atoms with Gasteiger partial charge in [-0.05, 0) is 43.0 Å². The zero-order valence-corrected chi connectivity index (χ0v) is 13.2. The first-order chi connectivity index (χ1) is 10.1. The number of furan rings is 1. The number of halogens is 1. The number of amides is 1. The normalized spacial score (nSPS) is 16.8. The van der Waals surface area contributed by atoms with Crippen LogP contribution in [-0.4, -0.2) is 11.0 Å². The first-order valence-electron chi connectivity index (χ1n) is 6.88. The van der Waals surface area contributed by atoms with Crippen LogP contribution in [0.1, 0.15) is 45.5 Å². The molecule has 0 saturated carbocycles. The number of aliphatic hydroxyl groups excluding tert-OH is 1. The molecule has 2 N–H and O–H groups in total. The molecule has 0 saturated heterocycles. The third-order valence-corrected chi connectivity index (χ3v) is 4.59. The topological polar surface area (TPSA) is 62.5 Å². The molecule has 3 rings (SSSR count). The molecule has 1 aromatic carbocycles. The Labute approximate surface area is 131 Å². The lowest BCUT2D eigenvalue weighted by Gasteiger charge is -2.13. The maximum absolute atomic E-state index is 12.3. The van der Waals surface area contributed by atoms with Crippen molar-refractivity contribution in [2.75, 3.05) is 0 Å². The van der Waals surface area contributed by atoms with Gasteiger partial charge in [0, 0.05) is 10.0 Å². The summed E-state index contributed by atoms with van der Waals surface area (Å²) in [4.78, 5) is 12.3. The first-order valence-corrected chi connectivity index (χ1v) is 7.67. The van der Waals surface area contributed by atoms with Crippen LogP contribution in [0.25, 0.3) is 0 Å². The molecule has 0 spiro atoms. The molecule has 1 aromatic heterocycles. The molecule has 110 valence electrons. The second-order valence-corrected chi connectivity index (χ2v) is 6.11. The maximum atomic E-state index is 12.3. The van der Waals surface area contributed by atoms with Gasteiger partial charge in [-0.2, -0.15) is 0 Å². The van der Waals surface area contributed by atoms with Crippen LogP contribution in [0.3, 0.4) is 0 Å². The summed E-state index contributed by atoms with van der Waals surface area (Å²) in [5, 5.41) is 12.1. The minimum absolute atomic E-state index is 0.00655. The molecule has 0 fully saturated rings. The smallest absolute Gasteiger partial charge is 0.287 e. The number of fused-ring (bicyclic) bond motifs is 1. The lowest BCUT2D eigenvalue weighted by molar-refractivity contribution is 0.0903. The van der Waals surface area contributed by atoms with E-state index in [1.165, 1.54) is 5.56 Å². The highest BCUT2D eigenvalue weighted by molar-refractivity contribution is 9.10. The Bertz CT molecular complexity index is 693. The van der Waals surface area contributed by atoms with Crippen LogP contribution >= 0.6 is 15.9 Å². The van der Waals surface area contributed by atoms with Gasteiger partial charge in [-0.25, -0.2) is 0 Å². The molecular formula is C16H16BrNO3. The summed E-state index contributed by atoms with van der Waals surface area (Å²) in [6, 6.07) is 7.75. The lowest BCUT2D eigenvalue weighted by Crippen LogP contribution is -2.27. The summed E-state index contributed by atoms with van der Waals surface area (Å²) in [7, 11) is 0. The Hall–Kier alpha value is -1.59. The van der Waals surface area contributed by atoms with E-state index in [9.17, 15) is 4.79 Å². The molecule has 1 aliphatic rings. The molecule has 5 heteroatoms. The van der Waals surface area contributed by atoms with Crippen molar-refractivity contribution >= 4 is 21.8 Å². The molecule has 21 heavy (non-hydrogen) atoms. The highest BCUT2D eigenvalue weighted by Crippen LogP contribution is 2.35. The summed E-state index contributed by atoms with van der Waals surface area (Å²) >= 11 is 3.55. The Morgan fingerprint density at radius 3 is 3.05 bits per heavy atom. The van der Waals surface area contributed by atoms with Crippen LogP contribution in [0.5, 0.6) is 0 Å². The van der Waals surface area contributed by atoms with E-state index in [2.05, 4.69) is 21.2 Å². The Morgan fingerprint density at radius 2 is 2.33 bits per heavy atom. The fourth-order valence-electron chi connectivity index (χ4n) is 2.83. The average molecular weight is 350 g/mol. The number of rotatable bonds is 3. The zero-order valence-electron chi connectivity index (χ0n) is 11.6. The van der Waals surface area contributed by atoms with E-state index in [1.807, 2.05) is 18.2 Å². The molecule has 1 heterocycles. The van der Waals surface area contributed by atoms with Crippen molar-refractivity contribution in [3.63, 3.8) is 0 Å². The van der Waals surface area contributed by atoms with Gasteiger partial charge in [0.05, 0.1) is 6.04 Å². The quantitative estimate of drug-likeness (QED) is 0.893. The van der Waals surface area contributed by atoms with Crippen molar-refractivity contribution in [3.05, 3.63) is 56.9 Å². The summed E-state index contributed by atoms with van der Waals surface area (Å²) in [5.41, 5.74) is 3.16. The summed E-state index contributed by atoms with van der Waals surface area (Å²) in [6.45, 7) is 1.60. The fourth-order valence-corrected chi connectivity index (χ4v) is 3.41. The van der Waals surface area contributed by atoms with Crippen LogP contribution < -0.4 is 5.32 Å². The lowest BCUT2D eigenvalue weighted by atomic mass is 10.1. The average Bonchev–Trinajstić information content (AvgIpc) is 3.04. The van der Waals surface area contributed by atoms with E-state index in [-0.39, 0.29) is 24.3 Å². The van der Waals surface area contributed by atoms with E-state index < -0.39 is 0 Å². The SMILES string of the molecule is Cc1cc(CO)oc1C(=O)NC1CCc2c(Br)cccc21. The van der Waals surface area contributed by atoms with Crippen LogP contribution in [0.4, 0.5) is 0 Å². The van der Waals surface area contributed by atoms with Crippen LogP contribution in [0.15, 0.2) is 33.2 Å². The first kappa shape index (κ1) is 14.4. The van der Waals surface area contributed by atoms with E-state index in [0.29, 0.717) is 5.76 Å². The van der Waals surface area contributed by atoms with Gasteiger partial charge < -0.3 is 14.8 Å². The summed E-state index contributed by atoms with van der Waals surface area (Å²) in [6.07, 6.45) is 1.83. The van der Waals surface area contributed by atoms with Crippen molar-refractivity contribution in [2.24, 2.45) is 0 Å². The molecule has 0 bridgehead atoms. The van der Waals surface area contributed by atoms with Gasteiger partial charge in [-0.1, -0.05) is 28.1 Å². The van der Waals surface area contributed by atoms with Crippen LogP contribution in [0, 0.1) is 6.92 Å². The van der Waals surface area contributed by atoms with Crippen molar-refractivity contribution < 1.29 is 14.3 Å². The molecule has 0 radical (unpaired) electrons. The summed E-state index contributed by atoms with van der Waals surface area (Å²) in [5.74, 6) is 0.458. The van der Waals surface area contributed by atoms with Gasteiger partial charge in [0.25, 0.3) is 5.91 Å². The third-order valence-electron chi connectivity index (χ3n) is 3.85. The number of carbonyl (C=O) groups excluding carboxylic acids is 1. The molecule has 0 aliphatic heterocycles. The molecular weight excluding hydrogens is 334 g/mol. The highest BCUT2D eigenvalue weighted by atomic mass is 79.9. The highest BCUT2D eigenvalue weighted by Gasteiger charge is 2.27. The Morgan fingerprint density at radius 1 is 1.52 bits per heavy atom. The second-order valence-electron chi connectivity index (χ2n) is 5.26. The molecule has 1 amide bonds. The maximum Gasteiger partial charge on any atom is 0.287 e. The largest absolute Gasteiger partial charge is 0.453 e. The second kappa shape index (κ2) is 5.66. The van der Waals surface area contributed by atoms with E-state index in [4.69, 9.17) is 9.52 Å². The number of nitrogens with one attached hydrogen (secondary N) is 1. The molecule has 1 atom stereocenters. The molecule has 4 nitrogen and oxygen atoms in total. The summed E-state index contributed by atoms with van der Waals surface area (Å²) < 4.78 is 6.47. The van der Waals surface area contributed by atoms with Crippen molar-refractivity contribution in [1.82, 2.24) is 5.32 Å². The van der Waals surface area contributed by atoms with E-state index in [0.717, 1.165) is 28.4 Å². The number of carbonyl (C=O) groups is 1. The van der Waals surface area contributed by atoms with Crippen molar-refractivity contribution in [3.8, 4) is 0 Å². The number of hydrogen-bond donors (Lipinski definition) is 2. The van der Waals surface area contributed by atoms with Gasteiger partial charge in [0.15, 0.2) is 5.76 Å². The van der Waals surface area contributed by atoms with Gasteiger partial charge in [0.2, 0.25) is 0 Å². The predicted octanol–water partition coefficient (Wildman–Crippen LogP) is 3.26. The van der Waals surface area contributed by atoms with Crippen LogP contribution in [-0.2, 0) is 13.0 Å². The monoisotopic (exact) mass is 349 g/mol. The number of aryl methyl sites for hydroxylation is 1. The van der Waals surface area contributed by atoms with E-state index >= 15 is 0 Å². The fraction of sp³-hybridized carbons (Fsp3) is 0.312. The number of hydrogen-bond acceptors (Lipinski definition) is 3. The number of aliphatic hydroxyl groups is 1. The van der Waals surface area contributed by atoms with Gasteiger partial charge in [-0.15, -0.1) is 0 Å². The minimum Gasteiger partial charge on any atom is -0.453 e. The predicted molar refractivity (Wildman–Crippen MR) is 82.0 cm³/mol. The molecule has 2 aromatic rings. The zero-order chi connectivity index (χ0) is 15.0. The van der Waals surface area contributed by atoms with Crippen molar-refractivity contribution in [2.45, 2.75) is 32.4 Å². The van der Waals surface area contributed by atoms with Gasteiger partial charge in [-0.3, -0.25) is 4.79 Å². The molecule has 1 aliphatic carbocycles. The standard InChI is InChI=1S/C16H16BrNO3/c1-9-7-10(8-19)21-15(9)16(20)18-14-6-5-11-12(14)3-2-4-13(11)17/h2-4,7,14,19H,5-6,8H2,1H3,(H,18,20). The van der Waals surface area contributed by atoms with Crippen molar-refractivity contribution in [1.29, 1.82) is 0 Å². The number of benzene rings is 1. The Balaban J connectivity index is 1.81. The van der Waals surface area contributed by atoms with E-state index in [1.54, 1.807) is 13.0 Å². The molecule has 1 unspecified atom stereocenters. The van der Waals surface area contributed by atoms with Crippen LogP contribution in [0.2, 0.25) is 0 Å². The minimum atomic E-state index is -0.231. The third kappa shape index (κ3) is 2.63.